The molecule has 0 spiro atoms. The quantitative estimate of drug-likeness (QED) is 0.848. The van der Waals surface area contributed by atoms with Gasteiger partial charge < -0.3 is 19.4 Å². The molecule has 1 aliphatic rings. The van der Waals surface area contributed by atoms with Crippen LogP contribution in [0.5, 0.6) is 0 Å². The number of alkyl carbamates (subject to hydrolysis) is 1. The van der Waals surface area contributed by atoms with Crippen molar-refractivity contribution < 1.29 is 18.8 Å². The van der Waals surface area contributed by atoms with Crippen LogP contribution in [0.15, 0.2) is 12.4 Å². The van der Waals surface area contributed by atoms with Crippen molar-refractivity contribution in [3.05, 3.63) is 18.2 Å². The molecule has 132 valence electrons. The number of amides is 1. The third-order valence-electron chi connectivity index (χ3n) is 4.04. The molecule has 1 aliphatic heterocycles. The molecule has 1 aromatic heterocycles. The Kier molecular flexibility index (Phi) is 4.92. The number of ether oxygens (including phenoxy) is 1. The number of hydrogen-bond donors (Lipinski definition) is 1. The van der Waals surface area contributed by atoms with E-state index in [2.05, 4.69) is 15.3 Å². The smallest absolute Gasteiger partial charge is 0.444 e. The van der Waals surface area contributed by atoms with Crippen LogP contribution in [0.25, 0.3) is 0 Å². The van der Waals surface area contributed by atoms with Crippen LogP contribution in [0.4, 0.5) is 4.79 Å². The Hall–Kier alpha value is -1.67. The third-order valence-corrected chi connectivity index (χ3v) is 4.04. The second-order valence-electron chi connectivity index (χ2n) is 7.88. The molecule has 7 nitrogen and oxygen atoms in total. The standard InChI is InChI=1S/C16H26BN3O4/c1-14(2,3)22-13(21)20-10-12-18-8-11(9-19-12)17-23-15(4,5)16(6,7)24-17/h8-9H,10H2,1-7H3,(H,20,21). The molecule has 8 heteroatoms. The molecule has 0 unspecified atom stereocenters. The Labute approximate surface area is 143 Å². The minimum absolute atomic E-state index is 0.193. The number of nitrogens with one attached hydrogen (secondary N) is 1. The monoisotopic (exact) mass is 335 g/mol. The average Bonchev–Trinajstić information content (AvgIpc) is 2.64. The molecule has 1 aromatic rings. The fraction of sp³-hybridized carbons (Fsp3) is 0.688. The highest BCUT2D eigenvalue weighted by Gasteiger charge is 2.51. The largest absolute Gasteiger partial charge is 0.498 e. The molecule has 2 heterocycles. The number of nitrogens with zero attached hydrogens (tertiary/aromatic N) is 2. The lowest BCUT2D eigenvalue weighted by Crippen LogP contribution is -2.41. The van der Waals surface area contributed by atoms with E-state index in [4.69, 9.17) is 14.0 Å². The van der Waals surface area contributed by atoms with Gasteiger partial charge in [0, 0.05) is 17.9 Å². The fourth-order valence-corrected chi connectivity index (χ4v) is 2.02. The number of hydrogen-bond acceptors (Lipinski definition) is 6. The normalized spacial score (nSPS) is 19.2. The fourth-order valence-electron chi connectivity index (χ4n) is 2.02. The van der Waals surface area contributed by atoms with Gasteiger partial charge in [0.05, 0.1) is 17.7 Å². The van der Waals surface area contributed by atoms with E-state index in [1.807, 2.05) is 48.5 Å². The van der Waals surface area contributed by atoms with Gasteiger partial charge in [0.1, 0.15) is 11.4 Å². The Bertz CT molecular complexity index is 580. The number of rotatable bonds is 3. The zero-order valence-electron chi connectivity index (χ0n) is 15.5. The first-order chi connectivity index (χ1) is 10.9. The molecule has 0 atom stereocenters. The van der Waals surface area contributed by atoms with Gasteiger partial charge in [-0.15, -0.1) is 0 Å². The van der Waals surface area contributed by atoms with E-state index in [-0.39, 0.29) is 6.54 Å². The van der Waals surface area contributed by atoms with Crippen LogP contribution in [0, 0.1) is 0 Å². The van der Waals surface area contributed by atoms with Gasteiger partial charge in [0.15, 0.2) is 0 Å². The average molecular weight is 335 g/mol. The highest BCUT2D eigenvalue weighted by molar-refractivity contribution is 6.61. The second kappa shape index (κ2) is 6.33. The van der Waals surface area contributed by atoms with Crippen LogP contribution in [-0.2, 0) is 20.6 Å². The summed E-state index contributed by atoms with van der Waals surface area (Å²) in [6.45, 7) is 13.6. The first-order valence-electron chi connectivity index (χ1n) is 8.03. The van der Waals surface area contributed by atoms with Gasteiger partial charge in [-0.05, 0) is 48.5 Å². The molecular weight excluding hydrogens is 309 g/mol. The molecule has 2 rings (SSSR count). The lowest BCUT2D eigenvalue weighted by molar-refractivity contribution is 0.00578. The predicted octanol–water partition coefficient (Wildman–Crippen LogP) is 1.80. The summed E-state index contributed by atoms with van der Waals surface area (Å²) < 4.78 is 17.1. The Morgan fingerprint density at radius 1 is 1.17 bits per heavy atom. The van der Waals surface area contributed by atoms with Crippen LogP contribution in [-0.4, -0.2) is 40.0 Å². The molecule has 0 radical (unpaired) electrons. The molecule has 24 heavy (non-hydrogen) atoms. The first-order valence-corrected chi connectivity index (χ1v) is 8.03. The van der Waals surface area contributed by atoms with Gasteiger partial charge in [-0.2, -0.15) is 0 Å². The summed E-state index contributed by atoms with van der Waals surface area (Å²) in [7, 11) is -0.497. The molecule has 1 fully saturated rings. The maximum atomic E-state index is 11.6. The van der Waals surface area contributed by atoms with Crippen molar-refractivity contribution >= 4 is 18.7 Å². The molecule has 0 saturated carbocycles. The summed E-state index contributed by atoms with van der Waals surface area (Å²) in [5.41, 5.74) is -0.607. The van der Waals surface area contributed by atoms with Gasteiger partial charge in [-0.3, -0.25) is 0 Å². The van der Waals surface area contributed by atoms with Gasteiger partial charge in [0.25, 0.3) is 0 Å². The predicted molar refractivity (Wildman–Crippen MR) is 90.8 cm³/mol. The Morgan fingerprint density at radius 2 is 1.67 bits per heavy atom. The minimum atomic E-state index is -0.536. The van der Waals surface area contributed by atoms with Gasteiger partial charge in [-0.1, -0.05) is 0 Å². The van der Waals surface area contributed by atoms with Gasteiger partial charge in [-0.25, -0.2) is 14.8 Å². The first kappa shape index (κ1) is 18.7. The molecule has 0 aliphatic carbocycles. The van der Waals surface area contributed by atoms with E-state index in [0.29, 0.717) is 5.82 Å². The second-order valence-corrected chi connectivity index (χ2v) is 7.88. The van der Waals surface area contributed by atoms with Crippen molar-refractivity contribution in [2.24, 2.45) is 0 Å². The van der Waals surface area contributed by atoms with Crippen LogP contribution in [0.2, 0.25) is 0 Å². The van der Waals surface area contributed by atoms with Crippen LogP contribution < -0.4 is 10.8 Å². The van der Waals surface area contributed by atoms with Crippen molar-refractivity contribution in [2.45, 2.75) is 71.8 Å². The van der Waals surface area contributed by atoms with Gasteiger partial charge >= 0.3 is 13.2 Å². The third kappa shape index (κ3) is 4.45. The van der Waals surface area contributed by atoms with E-state index >= 15 is 0 Å². The van der Waals surface area contributed by atoms with E-state index in [9.17, 15) is 4.79 Å². The lowest BCUT2D eigenvalue weighted by Gasteiger charge is -2.32. The van der Waals surface area contributed by atoms with E-state index in [1.54, 1.807) is 12.4 Å². The Balaban J connectivity index is 1.94. The van der Waals surface area contributed by atoms with Crippen molar-refractivity contribution in [3.8, 4) is 0 Å². The van der Waals surface area contributed by atoms with Crippen molar-refractivity contribution in [2.75, 3.05) is 0 Å². The molecular formula is C16H26BN3O4. The van der Waals surface area contributed by atoms with Crippen LogP contribution in [0.3, 0.4) is 0 Å². The van der Waals surface area contributed by atoms with Gasteiger partial charge in [0.2, 0.25) is 0 Å². The minimum Gasteiger partial charge on any atom is -0.444 e. The van der Waals surface area contributed by atoms with E-state index < -0.39 is 30.0 Å². The maximum absolute atomic E-state index is 11.6. The summed E-state index contributed by atoms with van der Waals surface area (Å²) in [5, 5.41) is 2.62. The van der Waals surface area contributed by atoms with Crippen molar-refractivity contribution in [3.63, 3.8) is 0 Å². The molecule has 0 bridgehead atoms. The van der Waals surface area contributed by atoms with Crippen molar-refractivity contribution in [1.82, 2.24) is 15.3 Å². The summed E-state index contributed by atoms with van der Waals surface area (Å²) in [6.07, 6.45) is 2.81. The highest BCUT2D eigenvalue weighted by atomic mass is 16.7. The summed E-state index contributed by atoms with van der Waals surface area (Å²) >= 11 is 0. The van der Waals surface area contributed by atoms with Crippen molar-refractivity contribution in [1.29, 1.82) is 0 Å². The number of carbonyl (C=O) groups excluding carboxylic acids is 1. The van der Waals surface area contributed by atoms with Crippen LogP contribution in [0.1, 0.15) is 54.3 Å². The molecule has 0 aromatic carbocycles. The zero-order valence-corrected chi connectivity index (χ0v) is 15.5. The maximum Gasteiger partial charge on any atom is 0.498 e. The van der Waals surface area contributed by atoms with E-state index in [0.717, 1.165) is 5.46 Å². The highest BCUT2D eigenvalue weighted by Crippen LogP contribution is 2.36. The Morgan fingerprint density at radius 3 is 2.12 bits per heavy atom. The summed E-state index contributed by atoms with van der Waals surface area (Å²) in [6, 6.07) is 0. The van der Waals surface area contributed by atoms with Crippen LogP contribution >= 0.6 is 0 Å². The molecule has 1 N–H and O–H groups in total. The lowest BCUT2D eigenvalue weighted by atomic mass is 9.81. The van der Waals surface area contributed by atoms with E-state index in [1.165, 1.54) is 0 Å². The zero-order chi connectivity index (χ0) is 18.2. The SMILES string of the molecule is CC(C)(C)OC(=O)NCc1ncc(B2OC(C)(C)C(C)(C)O2)cn1. The number of carbonyl (C=O) groups is 1. The number of aromatic nitrogens is 2. The molecule has 1 saturated heterocycles. The molecule has 1 amide bonds. The topological polar surface area (TPSA) is 82.6 Å². The summed E-state index contributed by atoms with van der Waals surface area (Å²) in [4.78, 5) is 20.1. The summed E-state index contributed by atoms with van der Waals surface area (Å²) in [5.74, 6) is 0.487.